The molecule has 2 unspecified atom stereocenters. The maximum absolute atomic E-state index is 11.8. The second-order valence-electron chi connectivity index (χ2n) is 5.22. The lowest BCUT2D eigenvalue weighted by atomic mass is 10.0. The average molecular weight is 305 g/mol. The Morgan fingerprint density at radius 1 is 1.52 bits per heavy atom. The van der Waals surface area contributed by atoms with Gasteiger partial charge in [-0.15, -0.1) is 11.8 Å². The van der Waals surface area contributed by atoms with E-state index in [9.17, 15) is 14.7 Å². The van der Waals surface area contributed by atoms with Crippen LogP contribution in [0.2, 0.25) is 0 Å². The standard InChI is InChI=1S/C14H15N3O3S/c1-8-2-4-16(5-3-8)6-9-7-21-13-10(15)12(18)17(13)11(9)14(19)20/h2-5,10,13H,6-7,15H2,1H3. The highest BCUT2D eigenvalue weighted by Gasteiger charge is 2.50. The maximum Gasteiger partial charge on any atom is 0.248 e. The first-order chi connectivity index (χ1) is 9.99. The molecule has 0 bridgehead atoms. The predicted molar refractivity (Wildman–Crippen MR) is 74.5 cm³/mol. The van der Waals surface area contributed by atoms with Crippen LogP contribution < -0.4 is 15.4 Å². The number of aromatic nitrogens is 1. The van der Waals surface area contributed by atoms with Crippen LogP contribution in [0.25, 0.3) is 0 Å². The first-order valence-corrected chi connectivity index (χ1v) is 7.63. The number of carboxylic acids is 1. The van der Waals surface area contributed by atoms with Crippen LogP contribution in [-0.2, 0) is 16.1 Å². The molecule has 1 amide bonds. The summed E-state index contributed by atoms with van der Waals surface area (Å²) in [5, 5.41) is 11.1. The zero-order valence-electron chi connectivity index (χ0n) is 11.5. The molecule has 3 rings (SSSR count). The van der Waals surface area contributed by atoms with Gasteiger partial charge in [-0.25, -0.2) is 4.57 Å². The summed E-state index contributed by atoms with van der Waals surface area (Å²) in [4.78, 5) is 24.5. The molecule has 0 spiro atoms. The van der Waals surface area contributed by atoms with Crippen molar-refractivity contribution in [1.82, 2.24) is 4.90 Å². The van der Waals surface area contributed by atoms with E-state index >= 15 is 0 Å². The van der Waals surface area contributed by atoms with Gasteiger partial charge in [-0.2, -0.15) is 0 Å². The minimum absolute atomic E-state index is 0.0153. The third-order valence-corrected chi connectivity index (χ3v) is 5.07. The molecule has 6 nitrogen and oxygen atoms in total. The van der Waals surface area contributed by atoms with Gasteiger partial charge in [0.1, 0.15) is 11.4 Å². The van der Waals surface area contributed by atoms with Crippen molar-refractivity contribution in [3.63, 3.8) is 0 Å². The van der Waals surface area contributed by atoms with E-state index in [1.807, 2.05) is 36.0 Å². The Hall–Kier alpha value is -1.86. The molecule has 2 aliphatic heterocycles. The summed E-state index contributed by atoms with van der Waals surface area (Å²) in [5.41, 5.74) is 7.48. The van der Waals surface area contributed by atoms with E-state index < -0.39 is 12.0 Å². The Kier molecular flexibility index (Phi) is 3.46. The van der Waals surface area contributed by atoms with E-state index in [1.165, 1.54) is 16.7 Å². The maximum atomic E-state index is 11.8. The van der Waals surface area contributed by atoms with Crippen LogP contribution in [0.5, 0.6) is 0 Å². The van der Waals surface area contributed by atoms with Crippen LogP contribution in [0, 0.1) is 6.92 Å². The number of hydrogen-bond acceptors (Lipinski definition) is 5. The molecule has 1 saturated heterocycles. The van der Waals surface area contributed by atoms with E-state index in [-0.39, 0.29) is 17.0 Å². The number of amides is 1. The molecule has 1 aromatic heterocycles. The molecule has 0 aliphatic carbocycles. The number of aryl methyl sites for hydroxylation is 1. The number of nitrogens with two attached hydrogens (primary N) is 1. The number of β-lactam (4-membered cyclic amide) rings is 1. The molecule has 3 heterocycles. The number of rotatable bonds is 3. The molecular weight excluding hydrogens is 290 g/mol. The Morgan fingerprint density at radius 3 is 2.81 bits per heavy atom. The van der Waals surface area contributed by atoms with E-state index in [4.69, 9.17) is 5.73 Å². The van der Waals surface area contributed by atoms with Crippen molar-refractivity contribution in [3.05, 3.63) is 41.4 Å². The van der Waals surface area contributed by atoms with Gasteiger partial charge in [0.2, 0.25) is 5.91 Å². The number of carboxylic acid groups (broad SMARTS) is 1. The van der Waals surface area contributed by atoms with Crippen molar-refractivity contribution in [3.8, 4) is 0 Å². The van der Waals surface area contributed by atoms with Gasteiger partial charge < -0.3 is 15.6 Å². The molecule has 2 aliphatic rings. The van der Waals surface area contributed by atoms with Crippen molar-refractivity contribution in [2.75, 3.05) is 5.75 Å². The summed E-state index contributed by atoms with van der Waals surface area (Å²) in [6.07, 6.45) is 3.77. The molecular formula is C14H15N3O3S. The fourth-order valence-electron chi connectivity index (χ4n) is 2.55. The Morgan fingerprint density at radius 2 is 2.19 bits per heavy atom. The van der Waals surface area contributed by atoms with Gasteiger partial charge in [0.05, 0.1) is 11.7 Å². The minimum atomic E-state index is -1.32. The third-order valence-electron chi connectivity index (χ3n) is 3.71. The number of nitrogens with zero attached hydrogens (tertiary/aromatic N) is 2. The lowest BCUT2D eigenvalue weighted by Gasteiger charge is -2.49. The SMILES string of the molecule is Cc1cc[n+](CC2=C(C(=O)[O-])N3C(=O)C(N)C3SC2)cc1. The molecule has 21 heavy (non-hydrogen) atoms. The van der Waals surface area contributed by atoms with Crippen LogP contribution in [0.4, 0.5) is 0 Å². The van der Waals surface area contributed by atoms with Crippen molar-refractivity contribution in [2.45, 2.75) is 24.9 Å². The van der Waals surface area contributed by atoms with Crippen LogP contribution >= 0.6 is 11.8 Å². The molecule has 0 saturated carbocycles. The summed E-state index contributed by atoms with van der Waals surface area (Å²) in [6, 6.07) is 3.28. The van der Waals surface area contributed by atoms with Gasteiger partial charge in [0.15, 0.2) is 18.9 Å². The number of fused-ring (bicyclic) bond motifs is 1. The van der Waals surface area contributed by atoms with Crippen LogP contribution in [0.15, 0.2) is 35.8 Å². The highest BCUT2D eigenvalue weighted by molar-refractivity contribution is 8.00. The number of pyridine rings is 1. The molecule has 2 atom stereocenters. The fourth-order valence-corrected chi connectivity index (χ4v) is 3.83. The van der Waals surface area contributed by atoms with Crippen LogP contribution in [0.1, 0.15) is 5.56 Å². The van der Waals surface area contributed by atoms with Gasteiger partial charge in [-0.3, -0.25) is 9.69 Å². The van der Waals surface area contributed by atoms with Crippen molar-refractivity contribution >= 4 is 23.6 Å². The summed E-state index contributed by atoms with van der Waals surface area (Å²) >= 11 is 1.49. The van der Waals surface area contributed by atoms with Crippen molar-refractivity contribution in [2.24, 2.45) is 5.73 Å². The Balaban J connectivity index is 1.92. The highest BCUT2D eigenvalue weighted by atomic mass is 32.2. The van der Waals surface area contributed by atoms with E-state index in [0.29, 0.717) is 17.9 Å². The minimum Gasteiger partial charge on any atom is -0.543 e. The predicted octanol–water partition coefficient (Wildman–Crippen LogP) is -1.47. The average Bonchev–Trinajstić information content (AvgIpc) is 2.48. The highest BCUT2D eigenvalue weighted by Crippen LogP contribution is 2.39. The van der Waals surface area contributed by atoms with E-state index in [1.54, 1.807) is 0 Å². The monoisotopic (exact) mass is 305 g/mol. The van der Waals surface area contributed by atoms with Crippen molar-refractivity contribution < 1.29 is 19.3 Å². The van der Waals surface area contributed by atoms with E-state index in [2.05, 4.69) is 0 Å². The first-order valence-electron chi connectivity index (χ1n) is 6.58. The number of carbonyl (C=O) groups is 2. The first kappa shape index (κ1) is 14.1. The summed E-state index contributed by atoms with van der Waals surface area (Å²) in [5.74, 6) is -1.13. The molecule has 1 fully saturated rings. The molecule has 1 aromatic rings. The Bertz CT molecular complexity index is 641. The zero-order valence-corrected chi connectivity index (χ0v) is 12.3. The lowest BCUT2D eigenvalue weighted by Crippen LogP contribution is -2.69. The smallest absolute Gasteiger partial charge is 0.248 e. The molecule has 0 aromatic carbocycles. The summed E-state index contributed by atoms with van der Waals surface area (Å²) in [7, 11) is 0. The molecule has 2 N–H and O–H groups in total. The van der Waals surface area contributed by atoms with Crippen LogP contribution in [-0.4, -0.2) is 33.9 Å². The van der Waals surface area contributed by atoms with Crippen molar-refractivity contribution in [1.29, 1.82) is 0 Å². The molecule has 110 valence electrons. The topological polar surface area (TPSA) is 90.3 Å². The summed E-state index contributed by atoms with van der Waals surface area (Å²) < 4.78 is 1.89. The fraction of sp³-hybridized carbons (Fsp3) is 0.357. The number of aliphatic carboxylic acids is 1. The number of carbonyl (C=O) groups excluding carboxylic acids is 2. The van der Waals surface area contributed by atoms with E-state index in [0.717, 1.165) is 5.56 Å². The molecule has 7 heteroatoms. The van der Waals surface area contributed by atoms with Gasteiger partial charge in [0.25, 0.3) is 0 Å². The third kappa shape index (κ3) is 2.32. The largest absolute Gasteiger partial charge is 0.543 e. The molecule has 0 radical (unpaired) electrons. The van der Waals surface area contributed by atoms with Gasteiger partial charge in [-0.05, 0) is 12.5 Å². The van der Waals surface area contributed by atoms with Crippen LogP contribution in [0.3, 0.4) is 0 Å². The summed E-state index contributed by atoms with van der Waals surface area (Å²) in [6.45, 7) is 2.40. The number of hydrogen-bond donors (Lipinski definition) is 1. The second kappa shape index (κ2) is 5.16. The van der Waals surface area contributed by atoms with Gasteiger partial charge >= 0.3 is 0 Å². The lowest BCUT2D eigenvalue weighted by molar-refractivity contribution is -0.689. The number of thioether (sulfide) groups is 1. The quantitative estimate of drug-likeness (QED) is 0.544. The van der Waals surface area contributed by atoms with Gasteiger partial charge in [0, 0.05) is 23.5 Å². The Labute approximate surface area is 126 Å². The second-order valence-corrected chi connectivity index (χ2v) is 6.33. The zero-order chi connectivity index (χ0) is 15.1. The normalized spacial score (nSPS) is 24.7. The van der Waals surface area contributed by atoms with Gasteiger partial charge in [-0.1, -0.05) is 0 Å².